The van der Waals surface area contributed by atoms with E-state index >= 15 is 0 Å². The van der Waals surface area contributed by atoms with Crippen molar-refractivity contribution in [3.8, 4) is 5.75 Å². The van der Waals surface area contributed by atoms with Gasteiger partial charge in [0.15, 0.2) is 0 Å². The van der Waals surface area contributed by atoms with Crippen LogP contribution in [0.3, 0.4) is 0 Å². The Labute approximate surface area is 172 Å². The number of aliphatic hydroxyl groups excluding tert-OH is 1. The highest BCUT2D eigenvalue weighted by atomic mass is 16.5. The molecule has 2 saturated heterocycles. The fourth-order valence-electron chi connectivity index (χ4n) is 4.62. The van der Waals surface area contributed by atoms with Gasteiger partial charge in [0.05, 0.1) is 6.61 Å². The summed E-state index contributed by atoms with van der Waals surface area (Å²) in [4.78, 5) is 17.1. The molecule has 2 fully saturated rings. The minimum absolute atomic E-state index is 0.0219. The van der Waals surface area contributed by atoms with Crippen LogP contribution in [0.1, 0.15) is 30.4 Å². The highest BCUT2D eigenvalue weighted by Gasteiger charge is 2.44. The first kappa shape index (κ1) is 19.9. The van der Waals surface area contributed by atoms with Gasteiger partial charge < -0.3 is 14.7 Å². The maximum absolute atomic E-state index is 12.6. The summed E-state index contributed by atoms with van der Waals surface area (Å²) in [6.45, 7) is 4.79. The van der Waals surface area contributed by atoms with Gasteiger partial charge in [-0.3, -0.25) is 9.69 Å². The quantitative estimate of drug-likeness (QED) is 0.784. The molecule has 29 heavy (non-hydrogen) atoms. The largest absolute Gasteiger partial charge is 0.491 e. The van der Waals surface area contributed by atoms with Crippen molar-refractivity contribution in [1.82, 2.24) is 9.80 Å². The summed E-state index contributed by atoms with van der Waals surface area (Å²) in [6.07, 6.45) is 2.80. The van der Waals surface area contributed by atoms with Crippen molar-refractivity contribution in [2.24, 2.45) is 5.41 Å². The number of aliphatic hydroxyl groups is 1. The minimum atomic E-state index is 0.0219. The second-order valence-corrected chi connectivity index (χ2v) is 8.37. The van der Waals surface area contributed by atoms with E-state index in [-0.39, 0.29) is 12.0 Å². The third-order valence-electron chi connectivity index (χ3n) is 6.25. The standard InChI is InChI=1S/C24H30N2O3/c27-14-15-29-22-9-5-4-8-21(22)18-25-12-10-24(11-13-25)16-23(28)26(19-24)17-20-6-2-1-3-7-20/h1-9,27H,10-19H2. The van der Waals surface area contributed by atoms with Gasteiger partial charge in [-0.1, -0.05) is 48.5 Å². The molecule has 0 radical (unpaired) electrons. The normalized spacial score (nSPS) is 19.1. The van der Waals surface area contributed by atoms with Crippen molar-refractivity contribution in [3.63, 3.8) is 0 Å². The molecule has 1 spiro atoms. The van der Waals surface area contributed by atoms with Crippen LogP contribution in [0.15, 0.2) is 54.6 Å². The lowest BCUT2D eigenvalue weighted by molar-refractivity contribution is -0.128. The predicted molar refractivity (Wildman–Crippen MR) is 112 cm³/mol. The highest BCUT2D eigenvalue weighted by Crippen LogP contribution is 2.42. The van der Waals surface area contributed by atoms with Crippen LogP contribution in [0.2, 0.25) is 0 Å². The summed E-state index contributed by atoms with van der Waals surface area (Å²) in [6, 6.07) is 18.3. The van der Waals surface area contributed by atoms with Crippen LogP contribution < -0.4 is 4.74 Å². The van der Waals surface area contributed by atoms with Gasteiger partial charge in [-0.15, -0.1) is 0 Å². The molecular weight excluding hydrogens is 364 g/mol. The van der Waals surface area contributed by atoms with Gasteiger partial charge in [-0.25, -0.2) is 0 Å². The lowest BCUT2D eigenvalue weighted by Gasteiger charge is -2.39. The topological polar surface area (TPSA) is 53.0 Å². The lowest BCUT2D eigenvalue weighted by Crippen LogP contribution is -2.41. The summed E-state index contributed by atoms with van der Waals surface area (Å²) in [7, 11) is 0. The van der Waals surface area contributed by atoms with E-state index in [9.17, 15) is 4.79 Å². The molecule has 2 heterocycles. The van der Waals surface area contributed by atoms with E-state index in [1.165, 1.54) is 5.56 Å². The van der Waals surface area contributed by atoms with Crippen LogP contribution in [-0.4, -0.2) is 53.7 Å². The zero-order valence-electron chi connectivity index (χ0n) is 16.9. The molecule has 4 rings (SSSR count). The second-order valence-electron chi connectivity index (χ2n) is 8.37. The molecule has 2 aromatic carbocycles. The number of para-hydroxylation sites is 1. The summed E-state index contributed by atoms with van der Waals surface area (Å²) >= 11 is 0. The number of benzene rings is 2. The highest BCUT2D eigenvalue weighted by molar-refractivity contribution is 5.79. The molecule has 0 unspecified atom stereocenters. The van der Waals surface area contributed by atoms with Crippen molar-refractivity contribution in [3.05, 3.63) is 65.7 Å². The fraction of sp³-hybridized carbons (Fsp3) is 0.458. The van der Waals surface area contributed by atoms with Crippen molar-refractivity contribution >= 4 is 5.91 Å². The molecule has 5 nitrogen and oxygen atoms in total. The van der Waals surface area contributed by atoms with E-state index in [2.05, 4.69) is 23.1 Å². The van der Waals surface area contributed by atoms with E-state index in [1.807, 2.05) is 41.3 Å². The number of ether oxygens (including phenoxy) is 1. The van der Waals surface area contributed by atoms with Crippen molar-refractivity contribution in [1.29, 1.82) is 0 Å². The first-order chi connectivity index (χ1) is 14.2. The van der Waals surface area contributed by atoms with Crippen LogP contribution in [-0.2, 0) is 17.9 Å². The SMILES string of the molecule is O=C1CC2(CCN(Cc3ccccc3OCCO)CC2)CN1Cc1ccccc1. The van der Waals surface area contributed by atoms with E-state index in [4.69, 9.17) is 9.84 Å². The Morgan fingerprint density at radius 2 is 1.69 bits per heavy atom. The van der Waals surface area contributed by atoms with Gasteiger partial charge in [0.25, 0.3) is 0 Å². The lowest BCUT2D eigenvalue weighted by atomic mass is 9.77. The summed E-state index contributed by atoms with van der Waals surface area (Å²) < 4.78 is 5.68. The Kier molecular flexibility index (Phi) is 6.16. The maximum Gasteiger partial charge on any atom is 0.223 e. The zero-order valence-corrected chi connectivity index (χ0v) is 16.9. The molecule has 0 atom stereocenters. The van der Waals surface area contributed by atoms with Crippen LogP contribution in [0.4, 0.5) is 0 Å². The van der Waals surface area contributed by atoms with Crippen molar-refractivity contribution in [2.45, 2.75) is 32.4 Å². The molecular formula is C24H30N2O3. The van der Waals surface area contributed by atoms with Gasteiger partial charge in [-0.2, -0.15) is 0 Å². The van der Waals surface area contributed by atoms with Gasteiger partial charge in [-0.05, 0) is 43.0 Å². The third kappa shape index (κ3) is 4.80. The Hall–Kier alpha value is -2.37. The summed E-state index contributed by atoms with van der Waals surface area (Å²) in [5, 5.41) is 9.03. The van der Waals surface area contributed by atoms with Crippen LogP contribution in [0.5, 0.6) is 5.75 Å². The number of rotatable bonds is 7. The number of carbonyl (C=O) groups is 1. The molecule has 2 aliphatic heterocycles. The first-order valence-corrected chi connectivity index (χ1v) is 10.5. The smallest absolute Gasteiger partial charge is 0.223 e. The van der Waals surface area contributed by atoms with E-state index in [1.54, 1.807) is 0 Å². The number of carbonyl (C=O) groups excluding carboxylic acids is 1. The number of hydrogen-bond acceptors (Lipinski definition) is 4. The molecule has 0 aromatic heterocycles. The van der Waals surface area contributed by atoms with Crippen LogP contribution in [0, 0.1) is 5.41 Å². The average Bonchev–Trinajstić information content (AvgIpc) is 3.04. The first-order valence-electron chi connectivity index (χ1n) is 10.5. The molecule has 2 aliphatic rings. The molecule has 154 valence electrons. The molecule has 2 aromatic rings. The molecule has 0 saturated carbocycles. The molecule has 0 aliphatic carbocycles. The fourth-order valence-corrected chi connectivity index (χ4v) is 4.62. The summed E-state index contributed by atoms with van der Waals surface area (Å²) in [5.41, 5.74) is 2.50. The number of amides is 1. The molecule has 1 N–H and O–H groups in total. The number of nitrogens with zero attached hydrogens (tertiary/aromatic N) is 2. The van der Waals surface area contributed by atoms with Gasteiger partial charge in [0.1, 0.15) is 12.4 Å². The Morgan fingerprint density at radius 3 is 2.45 bits per heavy atom. The monoisotopic (exact) mass is 394 g/mol. The molecule has 5 heteroatoms. The van der Waals surface area contributed by atoms with Crippen molar-refractivity contribution < 1.29 is 14.6 Å². The van der Waals surface area contributed by atoms with Gasteiger partial charge in [0.2, 0.25) is 5.91 Å². The Morgan fingerprint density at radius 1 is 0.966 bits per heavy atom. The molecule has 1 amide bonds. The molecule has 0 bridgehead atoms. The number of piperidine rings is 1. The number of hydrogen-bond donors (Lipinski definition) is 1. The van der Waals surface area contributed by atoms with Crippen LogP contribution >= 0.6 is 0 Å². The zero-order chi connectivity index (χ0) is 20.1. The van der Waals surface area contributed by atoms with E-state index < -0.39 is 0 Å². The minimum Gasteiger partial charge on any atom is -0.491 e. The van der Waals surface area contributed by atoms with Crippen molar-refractivity contribution in [2.75, 3.05) is 32.8 Å². The maximum atomic E-state index is 12.6. The van der Waals surface area contributed by atoms with E-state index in [0.717, 1.165) is 56.9 Å². The Balaban J connectivity index is 1.33. The summed E-state index contributed by atoms with van der Waals surface area (Å²) in [5.74, 6) is 1.15. The van der Waals surface area contributed by atoms with Crippen LogP contribution in [0.25, 0.3) is 0 Å². The Bertz CT molecular complexity index is 816. The van der Waals surface area contributed by atoms with Gasteiger partial charge in [0, 0.05) is 31.6 Å². The number of likely N-dealkylation sites (tertiary alicyclic amines) is 2. The second kappa shape index (κ2) is 8.97. The average molecular weight is 395 g/mol. The predicted octanol–water partition coefficient (Wildman–Crippen LogP) is 3.07. The van der Waals surface area contributed by atoms with E-state index in [0.29, 0.717) is 18.9 Å². The third-order valence-corrected chi connectivity index (χ3v) is 6.25. The van der Waals surface area contributed by atoms with Gasteiger partial charge >= 0.3 is 0 Å².